The SMILES string of the molecule is COc1ccc([N+](=O)[O-])cc1OC(=O)c1sc(-c2ccccc2)nc1C. The minimum absolute atomic E-state index is 0.0132. The number of carbonyl (C=O) groups excluding carboxylic acids is 1. The maximum Gasteiger partial charge on any atom is 0.355 e. The number of hydrogen-bond donors (Lipinski definition) is 0. The van der Waals surface area contributed by atoms with Crippen LogP contribution in [-0.2, 0) is 0 Å². The van der Waals surface area contributed by atoms with Crippen LogP contribution >= 0.6 is 11.3 Å². The first-order valence-electron chi connectivity index (χ1n) is 7.57. The van der Waals surface area contributed by atoms with Gasteiger partial charge in [-0.2, -0.15) is 0 Å². The summed E-state index contributed by atoms with van der Waals surface area (Å²) in [4.78, 5) is 27.7. The minimum Gasteiger partial charge on any atom is -0.493 e. The van der Waals surface area contributed by atoms with Crippen LogP contribution in [0.1, 0.15) is 15.4 Å². The molecule has 0 unspecified atom stereocenters. The Morgan fingerprint density at radius 2 is 1.88 bits per heavy atom. The first-order valence-corrected chi connectivity index (χ1v) is 8.38. The van der Waals surface area contributed by atoms with Gasteiger partial charge in [0.05, 0.1) is 23.8 Å². The molecule has 0 N–H and O–H groups in total. The van der Waals surface area contributed by atoms with Gasteiger partial charge in [0.25, 0.3) is 5.69 Å². The highest BCUT2D eigenvalue weighted by atomic mass is 32.1. The normalized spacial score (nSPS) is 10.4. The number of aryl methyl sites for hydroxylation is 1. The van der Waals surface area contributed by atoms with E-state index in [2.05, 4.69) is 4.98 Å². The summed E-state index contributed by atoms with van der Waals surface area (Å²) in [6, 6.07) is 13.3. The van der Waals surface area contributed by atoms with Gasteiger partial charge in [0.1, 0.15) is 9.88 Å². The first-order chi connectivity index (χ1) is 12.5. The van der Waals surface area contributed by atoms with Crippen LogP contribution in [0, 0.1) is 17.0 Å². The van der Waals surface area contributed by atoms with Crippen LogP contribution in [0.15, 0.2) is 48.5 Å². The van der Waals surface area contributed by atoms with Gasteiger partial charge < -0.3 is 9.47 Å². The Morgan fingerprint density at radius 1 is 1.15 bits per heavy atom. The summed E-state index contributed by atoms with van der Waals surface area (Å²) >= 11 is 1.20. The van der Waals surface area contributed by atoms with E-state index in [1.54, 1.807) is 6.92 Å². The predicted molar refractivity (Wildman–Crippen MR) is 96.9 cm³/mol. The van der Waals surface area contributed by atoms with Crippen LogP contribution < -0.4 is 9.47 Å². The standard InChI is InChI=1S/C18H14N2O5S/c1-11-16(26-17(19-11)12-6-4-3-5-7-12)18(21)25-15-10-13(20(22)23)8-9-14(15)24-2/h3-10H,1-2H3. The van der Waals surface area contributed by atoms with E-state index in [1.807, 2.05) is 30.3 Å². The van der Waals surface area contributed by atoms with E-state index in [9.17, 15) is 14.9 Å². The van der Waals surface area contributed by atoms with Crippen molar-refractivity contribution in [1.29, 1.82) is 0 Å². The number of nitrogens with zero attached hydrogens (tertiary/aromatic N) is 2. The van der Waals surface area contributed by atoms with Gasteiger partial charge in [0.15, 0.2) is 11.5 Å². The summed E-state index contributed by atoms with van der Waals surface area (Å²) in [5.41, 5.74) is 1.23. The number of benzene rings is 2. The molecular formula is C18H14N2O5S. The molecule has 1 heterocycles. The van der Waals surface area contributed by atoms with Gasteiger partial charge in [0, 0.05) is 11.6 Å². The topological polar surface area (TPSA) is 91.6 Å². The molecule has 0 amide bonds. The molecule has 1 aromatic heterocycles. The second-order valence-electron chi connectivity index (χ2n) is 5.28. The molecule has 0 fully saturated rings. The zero-order valence-electron chi connectivity index (χ0n) is 14.0. The highest BCUT2D eigenvalue weighted by Crippen LogP contribution is 2.33. The van der Waals surface area contributed by atoms with Gasteiger partial charge in [-0.3, -0.25) is 10.1 Å². The zero-order chi connectivity index (χ0) is 18.7. The lowest BCUT2D eigenvalue weighted by molar-refractivity contribution is -0.384. The van der Waals surface area contributed by atoms with Crippen molar-refractivity contribution in [2.75, 3.05) is 7.11 Å². The maximum absolute atomic E-state index is 12.6. The zero-order valence-corrected chi connectivity index (χ0v) is 14.8. The first kappa shape index (κ1) is 17.6. The van der Waals surface area contributed by atoms with Gasteiger partial charge in [-0.05, 0) is 13.0 Å². The number of nitro groups is 1. The lowest BCUT2D eigenvalue weighted by Crippen LogP contribution is -2.09. The molecule has 3 aromatic rings. The van der Waals surface area contributed by atoms with Gasteiger partial charge >= 0.3 is 5.97 Å². The van der Waals surface area contributed by atoms with Crippen molar-refractivity contribution in [2.24, 2.45) is 0 Å². The smallest absolute Gasteiger partial charge is 0.355 e. The van der Waals surface area contributed by atoms with E-state index in [-0.39, 0.29) is 17.2 Å². The number of non-ortho nitro benzene ring substituents is 1. The number of thiazole rings is 1. The molecule has 3 rings (SSSR count). The summed E-state index contributed by atoms with van der Waals surface area (Å²) < 4.78 is 10.5. The highest BCUT2D eigenvalue weighted by Gasteiger charge is 2.21. The Morgan fingerprint density at radius 3 is 2.54 bits per heavy atom. The third-order valence-electron chi connectivity index (χ3n) is 3.56. The molecule has 0 bridgehead atoms. The number of carbonyl (C=O) groups is 1. The van der Waals surface area contributed by atoms with Crippen molar-refractivity contribution in [2.45, 2.75) is 6.92 Å². The molecule has 132 valence electrons. The fourth-order valence-corrected chi connectivity index (χ4v) is 3.24. The van der Waals surface area contributed by atoms with Crippen LogP contribution in [0.4, 0.5) is 5.69 Å². The van der Waals surface area contributed by atoms with Gasteiger partial charge in [0.2, 0.25) is 0 Å². The summed E-state index contributed by atoms with van der Waals surface area (Å²) in [7, 11) is 1.39. The highest BCUT2D eigenvalue weighted by molar-refractivity contribution is 7.17. The number of methoxy groups -OCH3 is 1. The molecule has 2 aromatic carbocycles. The summed E-state index contributed by atoms with van der Waals surface area (Å²) in [6.07, 6.45) is 0. The number of ether oxygens (including phenoxy) is 2. The van der Waals surface area contributed by atoms with Crippen LogP contribution in [0.25, 0.3) is 10.6 Å². The van der Waals surface area contributed by atoms with Crippen LogP contribution in [0.3, 0.4) is 0 Å². The van der Waals surface area contributed by atoms with Crippen molar-refractivity contribution in [1.82, 2.24) is 4.98 Å². The second-order valence-corrected chi connectivity index (χ2v) is 6.28. The fraction of sp³-hybridized carbons (Fsp3) is 0.111. The molecule has 0 aliphatic carbocycles. The van der Waals surface area contributed by atoms with E-state index in [0.29, 0.717) is 15.6 Å². The molecule has 0 aliphatic rings. The third-order valence-corrected chi connectivity index (χ3v) is 4.75. The Balaban J connectivity index is 1.90. The van der Waals surface area contributed by atoms with E-state index < -0.39 is 10.9 Å². The van der Waals surface area contributed by atoms with Crippen molar-refractivity contribution < 1.29 is 19.2 Å². The number of nitro benzene ring substituents is 1. The molecular weight excluding hydrogens is 356 g/mol. The Bertz CT molecular complexity index is 969. The average molecular weight is 370 g/mol. The lowest BCUT2D eigenvalue weighted by atomic mass is 10.2. The summed E-state index contributed by atoms with van der Waals surface area (Å²) in [5, 5.41) is 11.6. The molecule has 0 atom stereocenters. The van der Waals surface area contributed by atoms with Crippen LogP contribution in [0.2, 0.25) is 0 Å². The molecule has 0 saturated carbocycles. The number of aromatic nitrogens is 1. The lowest BCUT2D eigenvalue weighted by Gasteiger charge is -2.08. The van der Waals surface area contributed by atoms with E-state index in [4.69, 9.17) is 9.47 Å². The minimum atomic E-state index is -0.638. The van der Waals surface area contributed by atoms with Crippen LogP contribution in [-0.4, -0.2) is 23.0 Å². The van der Waals surface area contributed by atoms with E-state index in [0.717, 1.165) is 11.6 Å². The molecule has 0 spiro atoms. The largest absolute Gasteiger partial charge is 0.493 e. The van der Waals surface area contributed by atoms with Crippen molar-refractivity contribution in [3.8, 4) is 22.1 Å². The molecule has 0 aliphatic heterocycles. The maximum atomic E-state index is 12.6. The summed E-state index contributed by atoms with van der Waals surface area (Å²) in [6.45, 7) is 1.71. The molecule has 26 heavy (non-hydrogen) atoms. The van der Waals surface area contributed by atoms with Crippen molar-refractivity contribution >= 4 is 23.0 Å². The quantitative estimate of drug-likeness (QED) is 0.288. The Labute approximate surface area is 153 Å². The average Bonchev–Trinajstić information content (AvgIpc) is 3.04. The fourth-order valence-electron chi connectivity index (χ4n) is 2.29. The molecule has 8 heteroatoms. The Hall–Kier alpha value is -3.26. The summed E-state index contributed by atoms with van der Waals surface area (Å²) in [5.74, 6) is -0.420. The molecule has 0 radical (unpaired) electrons. The molecule has 7 nitrogen and oxygen atoms in total. The predicted octanol–water partition coefficient (Wildman–Crippen LogP) is 4.25. The second kappa shape index (κ2) is 7.32. The number of rotatable bonds is 5. The van der Waals surface area contributed by atoms with Crippen molar-refractivity contribution in [3.63, 3.8) is 0 Å². The van der Waals surface area contributed by atoms with Crippen molar-refractivity contribution in [3.05, 3.63) is 69.2 Å². The number of esters is 1. The van der Waals surface area contributed by atoms with Crippen LogP contribution in [0.5, 0.6) is 11.5 Å². The van der Waals surface area contributed by atoms with Gasteiger partial charge in [-0.1, -0.05) is 30.3 Å². The number of hydrogen-bond acceptors (Lipinski definition) is 7. The third kappa shape index (κ3) is 3.55. The van der Waals surface area contributed by atoms with E-state index >= 15 is 0 Å². The van der Waals surface area contributed by atoms with Gasteiger partial charge in [-0.15, -0.1) is 11.3 Å². The van der Waals surface area contributed by atoms with E-state index in [1.165, 1.54) is 30.6 Å². The monoisotopic (exact) mass is 370 g/mol. The molecule has 0 saturated heterocycles. The Kier molecular flexibility index (Phi) is 4.94. The van der Waals surface area contributed by atoms with Gasteiger partial charge in [-0.25, -0.2) is 9.78 Å².